The SMILES string of the molecule is C[C@]12CNCCC1=NN(c1ccccc1)C2=O. The van der Waals surface area contributed by atoms with Gasteiger partial charge in [0.05, 0.1) is 11.4 Å². The number of hydrazone groups is 1. The summed E-state index contributed by atoms with van der Waals surface area (Å²) >= 11 is 0. The van der Waals surface area contributed by atoms with Gasteiger partial charge in [-0.15, -0.1) is 0 Å². The van der Waals surface area contributed by atoms with Crippen LogP contribution in [0.1, 0.15) is 13.3 Å². The van der Waals surface area contributed by atoms with Crippen LogP contribution in [-0.4, -0.2) is 24.7 Å². The van der Waals surface area contributed by atoms with Gasteiger partial charge in [-0.1, -0.05) is 18.2 Å². The summed E-state index contributed by atoms with van der Waals surface area (Å²) in [6.45, 7) is 3.57. The van der Waals surface area contributed by atoms with Crippen LogP contribution >= 0.6 is 0 Å². The summed E-state index contributed by atoms with van der Waals surface area (Å²) in [5.41, 5.74) is 1.40. The van der Waals surface area contributed by atoms with Crippen molar-refractivity contribution in [2.75, 3.05) is 18.1 Å². The molecule has 4 heteroatoms. The molecule has 1 N–H and O–H groups in total. The first-order valence-electron chi connectivity index (χ1n) is 5.90. The summed E-state index contributed by atoms with van der Waals surface area (Å²) in [7, 11) is 0. The first kappa shape index (κ1) is 10.5. The molecule has 2 aliphatic rings. The zero-order chi connectivity index (χ0) is 11.9. The Kier molecular flexibility index (Phi) is 2.26. The minimum atomic E-state index is -0.450. The molecule has 0 aromatic heterocycles. The maximum atomic E-state index is 12.4. The lowest BCUT2D eigenvalue weighted by molar-refractivity contribution is -0.123. The van der Waals surface area contributed by atoms with Crippen LogP contribution in [0, 0.1) is 5.41 Å². The van der Waals surface area contributed by atoms with Crippen molar-refractivity contribution in [3.63, 3.8) is 0 Å². The number of carbonyl (C=O) groups is 1. The van der Waals surface area contributed by atoms with E-state index in [0.29, 0.717) is 6.54 Å². The van der Waals surface area contributed by atoms with E-state index in [-0.39, 0.29) is 5.91 Å². The highest BCUT2D eigenvalue weighted by atomic mass is 16.2. The molecule has 0 aliphatic carbocycles. The summed E-state index contributed by atoms with van der Waals surface area (Å²) in [6, 6.07) is 9.61. The topological polar surface area (TPSA) is 44.7 Å². The Hall–Kier alpha value is -1.68. The van der Waals surface area contributed by atoms with Crippen molar-refractivity contribution in [2.45, 2.75) is 13.3 Å². The highest BCUT2D eigenvalue weighted by molar-refractivity contribution is 6.19. The van der Waals surface area contributed by atoms with Gasteiger partial charge in [-0.3, -0.25) is 4.79 Å². The molecule has 4 nitrogen and oxygen atoms in total. The fourth-order valence-electron chi connectivity index (χ4n) is 2.43. The smallest absolute Gasteiger partial charge is 0.260 e. The molecule has 1 atom stereocenters. The second-order valence-corrected chi connectivity index (χ2v) is 4.76. The molecular weight excluding hydrogens is 214 g/mol. The van der Waals surface area contributed by atoms with Crippen molar-refractivity contribution in [2.24, 2.45) is 10.5 Å². The first-order chi connectivity index (χ1) is 8.22. The summed E-state index contributed by atoms with van der Waals surface area (Å²) in [5, 5.41) is 9.31. The molecule has 2 aliphatic heterocycles. The predicted molar refractivity (Wildman–Crippen MR) is 67.0 cm³/mol. The van der Waals surface area contributed by atoms with Gasteiger partial charge in [0.25, 0.3) is 5.91 Å². The molecule has 1 aromatic rings. The van der Waals surface area contributed by atoms with Gasteiger partial charge in [0.15, 0.2) is 0 Å². The third kappa shape index (κ3) is 1.48. The van der Waals surface area contributed by atoms with Gasteiger partial charge < -0.3 is 5.32 Å². The largest absolute Gasteiger partial charge is 0.315 e. The van der Waals surface area contributed by atoms with Crippen molar-refractivity contribution in [1.82, 2.24) is 5.32 Å². The van der Waals surface area contributed by atoms with E-state index in [9.17, 15) is 4.79 Å². The summed E-state index contributed by atoms with van der Waals surface area (Å²) in [6.07, 6.45) is 0.853. The molecule has 88 valence electrons. The Bertz CT molecular complexity index is 483. The maximum Gasteiger partial charge on any atom is 0.260 e. The van der Waals surface area contributed by atoms with Gasteiger partial charge in [-0.25, -0.2) is 0 Å². The molecule has 0 bridgehead atoms. The Balaban J connectivity index is 2.00. The average molecular weight is 229 g/mol. The minimum absolute atomic E-state index is 0.0749. The fraction of sp³-hybridized carbons (Fsp3) is 0.385. The molecule has 3 rings (SSSR count). The van der Waals surface area contributed by atoms with Crippen LogP contribution in [0.25, 0.3) is 0 Å². The molecule has 1 aromatic carbocycles. The van der Waals surface area contributed by atoms with Gasteiger partial charge in [0, 0.05) is 19.5 Å². The van der Waals surface area contributed by atoms with Crippen molar-refractivity contribution in [1.29, 1.82) is 0 Å². The Morgan fingerprint density at radius 1 is 1.35 bits per heavy atom. The molecule has 0 spiro atoms. The number of piperidine rings is 1. The molecular formula is C13H15N3O. The molecule has 1 fully saturated rings. The van der Waals surface area contributed by atoms with Crippen LogP contribution in [0.4, 0.5) is 5.69 Å². The zero-order valence-electron chi connectivity index (χ0n) is 9.81. The van der Waals surface area contributed by atoms with E-state index in [1.165, 1.54) is 0 Å². The Labute approximate surface area is 100 Å². The van der Waals surface area contributed by atoms with Crippen molar-refractivity contribution < 1.29 is 4.79 Å². The number of nitrogens with zero attached hydrogens (tertiary/aromatic N) is 2. The van der Waals surface area contributed by atoms with Crippen LogP contribution in [0.2, 0.25) is 0 Å². The fourth-order valence-corrected chi connectivity index (χ4v) is 2.43. The summed E-state index contributed by atoms with van der Waals surface area (Å²) in [4.78, 5) is 12.4. The lowest BCUT2D eigenvalue weighted by Crippen LogP contribution is -2.49. The lowest BCUT2D eigenvalue weighted by atomic mass is 9.81. The van der Waals surface area contributed by atoms with Crippen LogP contribution in [-0.2, 0) is 4.79 Å². The first-order valence-corrected chi connectivity index (χ1v) is 5.90. The van der Waals surface area contributed by atoms with E-state index in [2.05, 4.69) is 10.4 Å². The predicted octanol–water partition coefficient (Wildman–Crippen LogP) is 1.39. The lowest BCUT2D eigenvalue weighted by Gasteiger charge is -2.28. The van der Waals surface area contributed by atoms with Gasteiger partial charge >= 0.3 is 0 Å². The second kappa shape index (κ2) is 3.67. The highest BCUT2D eigenvalue weighted by Gasteiger charge is 2.48. The molecule has 2 heterocycles. The maximum absolute atomic E-state index is 12.4. The number of benzene rings is 1. The third-order valence-electron chi connectivity index (χ3n) is 3.54. The van der Waals surface area contributed by atoms with Gasteiger partial charge in [0.1, 0.15) is 5.41 Å². The normalized spacial score (nSPS) is 27.9. The van der Waals surface area contributed by atoms with Crippen molar-refractivity contribution >= 4 is 17.3 Å². The van der Waals surface area contributed by atoms with Gasteiger partial charge in [0.2, 0.25) is 0 Å². The van der Waals surface area contributed by atoms with E-state index in [1.807, 2.05) is 37.3 Å². The second-order valence-electron chi connectivity index (χ2n) is 4.76. The molecule has 1 amide bonds. The van der Waals surface area contributed by atoms with E-state index in [4.69, 9.17) is 0 Å². The number of amides is 1. The van der Waals surface area contributed by atoms with Crippen LogP contribution in [0.5, 0.6) is 0 Å². The number of hydrogen-bond acceptors (Lipinski definition) is 3. The van der Waals surface area contributed by atoms with Crippen LogP contribution in [0.3, 0.4) is 0 Å². The van der Waals surface area contributed by atoms with Crippen LogP contribution < -0.4 is 10.3 Å². The minimum Gasteiger partial charge on any atom is -0.315 e. The van der Waals surface area contributed by atoms with E-state index < -0.39 is 5.41 Å². The molecule has 0 radical (unpaired) electrons. The quantitative estimate of drug-likeness (QED) is 0.791. The molecule has 1 saturated heterocycles. The van der Waals surface area contributed by atoms with E-state index >= 15 is 0 Å². The number of nitrogens with one attached hydrogen (secondary N) is 1. The molecule has 0 unspecified atom stereocenters. The monoisotopic (exact) mass is 229 g/mol. The molecule has 17 heavy (non-hydrogen) atoms. The number of rotatable bonds is 1. The third-order valence-corrected chi connectivity index (χ3v) is 3.54. The highest BCUT2D eigenvalue weighted by Crippen LogP contribution is 2.34. The Morgan fingerprint density at radius 2 is 2.12 bits per heavy atom. The van der Waals surface area contributed by atoms with Gasteiger partial charge in [-0.2, -0.15) is 10.1 Å². The average Bonchev–Trinajstić information content (AvgIpc) is 2.64. The number of para-hydroxylation sites is 1. The van der Waals surface area contributed by atoms with Gasteiger partial charge in [-0.05, 0) is 19.1 Å². The van der Waals surface area contributed by atoms with Crippen LogP contribution in [0.15, 0.2) is 35.4 Å². The van der Waals surface area contributed by atoms with E-state index in [0.717, 1.165) is 24.4 Å². The summed E-state index contributed by atoms with van der Waals surface area (Å²) < 4.78 is 0. The Morgan fingerprint density at radius 3 is 2.82 bits per heavy atom. The standard InChI is InChI=1S/C13H15N3O/c1-13-9-14-8-7-11(13)15-16(12(13)17)10-5-3-2-4-6-10/h2-6,14H,7-9H2,1H3/t13-/m0/s1. The van der Waals surface area contributed by atoms with E-state index in [1.54, 1.807) is 5.01 Å². The number of fused-ring (bicyclic) bond motifs is 1. The van der Waals surface area contributed by atoms with Crippen molar-refractivity contribution in [3.8, 4) is 0 Å². The number of carbonyl (C=O) groups excluding carboxylic acids is 1. The molecule has 0 saturated carbocycles. The zero-order valence-corrected chi connectivity index (χ0v) is 9.81. The number of anilines is 1. The van der Waals surface area contributed by atoms with Crippen molar-refractivity contribution in [3.05, 3.63) is 30.3 Å². The number of hydrogen-bond donors (Lipinski definition) is 1. The summed E-state index contributed by atoms with van der Waals surface area (Å²) in [5.74, 6) is 0.0749.